The molecule has 3 fully saturated rings. The maximum Gasteiger partial charge on any atom is 0.254 e. The molecule has 2 saturated heterocycles. The molecule has 8 heteroatoms. The van der Waals surface area contributed by atoms with E-state index in [-0.39, 0.29) is 11.3 Å². The molecule has 4 aromatic rings. The van der Waals surface area contributed by atoms with Crippen molar-refractivity contribution < 1.29 is 9.53 Å². The zero-order valence-corrected chi connectivity index (χ0v) is 21.0. The van der Waals surface area contributed by atoms with Gasteiger partial charge in [-0.3, -0.25) is 4.79 Å². The Labute approximate surface area is 210 Å². The predicted molar refractivity (Wildman–Crippen MR) is 139 cm³/mol. The first kappa shape index (κ1) is 21.9. The number of pyridine rings is 1. The highest BCUT2D eigenvalue weighted by Crippen LogP contribution is 2.38. The Bertz CT molecular complexity index is 1490. The number of nitrogens with zero attached hydrogens (tertiary/aromatic N) is 5. The molecule has 0 unspecified atom stereocenters. The molecule has 1 aromatic carbocycles. The lowest BCUT2D eigenvalue weighted by molar-refractivity contribution is 0.0321. The number of nitrogens with one attached hydrogen (secondary N) is 1. The van der Waals surface area contributed by atoms with Gasteiger partial charge in [-0.1, -0.05) is 0 Å². The number of carbonyl (C=O) groups excluding carboxylic acids is 1. The van der Waals surface area contributed by atoms with Crippen molar-refractivity contribution in [2.45, 2.75) is 32.2 Å². The van der Waals surface area contributed by atoms with E-state index in [1.807, 2.05) is 36.3 Å². The van der Waals surface area contributed by atoms with E-state index in [4.69, 9.17) is 9.72 Å². The van der Waals surface area contributed by atoms with Crippen LogP contribution in [0.5, 0.6) is 5.75 Å². The molecule has 1 N–H and O–H groups in total. The van der Waals surface area contributed by atoms with Crippen LogP contribution in [0.15, 0.2) is 36.5 Å². The van der Waals surface area contributed by atoms with Crippen LogP contribution in [0.1, 0.15) is 36.0 Å². The maximum atomic E-state index is 13.6. The highest BCUT2D eigenvalue weighted by Gasteiger charge is 2.42. The van der Waals surface area contributed by atoms with Crippen molar-refractivity contribution in [3.05, 3.63) is 42.1 Å². The van der Waals surface area contributed by atoms with Gasteiger partial charge in [0.25, 0.3) is 5.91 Å². The van der Waals surface area contributed by atoms with Crippen molar-refractivity contribution in [2.24, 2.45) is 18.4 Å². The number of ether oxygens (including phenoxy) is 1. The molecule has 7 rings (SSSR count). The summed E-state index contributed by atoms with van der Waals surface area (Å²) in [5, 5.41) is 4.51. The third-order valence-corrected chi connectivity index (χ3v) is 8.37. The number of aromatic nitrogens is 4. The van der Waals surface area contributed by atoms with Gasteiger partial charge in [-0.05, 0) is 61.9 Å². The van der Waals surface area contributed by atoms with Gasteiger partial charge in [-0.2, -0.15) is 0 Å². The van der Waals surface area contributed by atoms with Crippen LogP contribution in [-0.2, 0) is 13.6 Å². The average Bonchev–Trinajstić information content (AvgIpc) is 3.56. The second-order valence-electron chi connectivity index (χ2n) is 11.0. The molecular weight excluding hydrogens is 452 g/mol. The summed E-state index contributed by atoms with van der Waals surface area (Å²) in [4.78, 5) is 25.4. The molecule has 1 aliphatic carbocycles. The summed E-state index contributed by atoms with van der Waals surface area (Å²) in [6, 6.07) is 10.1. The molecule has 8 nitrogen and oxygen atoms in total. The van der Waals surface area contributed by atoms with Gasteiger partial charge in [0.15, 0.2) is 5.82 Å². The van der Waals surface area contributed by atoms with Gasteiger partial charge in [0, 0.05) is 62.3 Å². The van der Waals surface area contributed by atoms with Crippen LogP contribution in [0.25, 0.3) is 33.6 Å². The van der Waals surface area contributed by atoms with E-state index in [1.165, 1.54) is 19.3 Å². The number of hydrogen-bond acceptors (Lipinski definition) is 5. The second kappa shape index (κ2) is 8.06. The fraction of sp³-hybridized carbons (Fsp3) is 0.464. The fourth-order valence-electron chi connectivity index (χ4n) is 6.17. The van der Waals surface area contributed by atoms with E-state index in [9.17, 15) is 4.79 Å². The Hall–Kier alpha value is -3.39. The number of piperidine rings is 1. The smallest absolute Gasteiger partial charge is 0.254 e. The van der Waals surface area contributed by atoms with E-state index in [0.717, 1.165) is 72.7 Å². The summed E-state index contributed by atoms with van der Waals surface area (Å²) in [7, 11) is 3.69. The van der Waals surface area contributed by atoms with Crippen molar-refractivity contribution in [3.63, 3.8) is 0 Å². The number of fused-ring (bicyclic) bond motifs is 2. The monoisotopic (exact) mass is 484 g/mol. The van der Waals surface area contributed by atoms with Gasteiger partial charge < -0.3 is 24.1 Å². The standard InChI is InChI=1S/C28H32N6O2/c1-32-24-21(31-26(32)22-12-19-5-3-9-30-25(19)34(22)14-18-6-7-18)11-20(13-23(24)36-2)27(35)33-10-4-8-28(17-33)15-29-16-28/h3,5,9,11-13,18,29H,4,6-8,10,14-17H2,1-2H3. The van der Waals surface area contributed by atoms with Gasteiger partial charge in [0.1, 0.15) is 16.9 Å². The molecule has 5 heterocycles. The summed E-state index contributed by atoms with van der Waals surface area (Å²) >= 11 is 0. The SMILES string of the molecule is COc1cc(C(=O)N2CCCC3(CNC3)C2)cc2nc(-c3cc4cccnc4n3CC3CC3)n(C)c12. The van der Waals surface area contributed by atoms with Crippen molar-refractivity contribution in [2.75, 3.05) is 33.3 Å². The molecule has 1 saturated carbocycles. The summed E-state index contributed by atoms with van der Waals surface area (Å²) in [6.45, 7) is 4.59. The minimum absolute atomic E-state index is 0.0698. The van der Waals surface area contributed by atoms with E-state index in [2.05, 4.69) is 31.6 Å². The third kappa shape index (κ3) is 3.42. The number of benzene rings is 1. The normalized spacial score (nSPS) is 19.2. The zero-order valence-electron chi connectivity index (χ0n) is 21.0. The predicted octanol–water partition coefficient (Wildman–Crippen LogP) is 3.83. The summed E-state index contributed by atoms with van der Waals surface area (Å²) in [6.07, 6.45) is 6.64. The number of imidazole rings is 1. The highest BCUT2D eigenvalue weighted by molar-refractivity contribution is 6.00. The fourth-order valence-corrected chi connectivity index (χ4v) is 6.17. The quantitative estimate of drug-likeness (QED) is 0.466. The Morgan fingerprint density at radius 1 is 1.25 bits per heavy atom. The van der Waals surface area contributed by atoms with Crippen LogP contribution in [0, 0.1) is 11.3 Å². The minimum Gasteiger partial charge on any atom is -0.494 e. The molecule has 0 radical (unpaired) electrons. The van der Waals surface area contributed by atoms with Crippen LogP contribution >= 0.6 is 0 Å². The number of methoxy groups -OCH3 is 1. The Balaban J connectivity index is 1.31. The van der Waals surface area contributed by atoms with Crippen LogP contribution < -0.4 is 10.1 Å². The van der Waals surface area contributed by atoms with Crippen molar-refractivity contribution in [3.8, 4) is 17.3 Å². The van der Waals surface area contributed by atoms with Gasteiger partial charge >= 0.3 is 0 Å². The van der Waals surface area contributed by atoms with Crippen molar-refractivity contribution in [1.29, 1.82) is 0 Å². The van der Waals surface area contributed by atoms with Crippen molar-refractivity contribution in [1.82, 2.24) is 29.3 Å². The topological polar surface area (TPSA) is 77.2 Å². The molecule has 186 valence electrons. The Kier molecular flexibility index (Phi) is 4.90. The van der Waals surface area contributed by atoms with Crippen LogP contribution in [0.3, 0.4) is 0 Å². The van der Waals surface area contributed by atoms with Crippen LogP contribution in [0.4, 0.5) is 0 Å². The average molecular weight is 485 g/mol. The molecule has 3 aliphatic rings. The van der Waals surface area contributed by atoms with Crippen LogP contribution in [0.2, 0.25) is 0 Å². The first-order chi connectivity index (χ1) is 17.5. The molecule has 36 heavy (non-hydrogen) atoms. The Morgan fingerprint density at radius 2 is 2.11 bits per heavy atom. The molecule has 0 bridgehead atoms. The summed E-state index contributed by atoms with van der Waals surface area (Å²) < 4.78 is 10.2. The number of aryl methyl sites for hydroxylation is 1. The third-order valence-electron chi connectivity index (χ3n) is 8.37. The lowest BCUT2D eigenvalue weighted by Gasteiger charge is -2.49. The molecule has 2 aliphatic heterocycles. The first-order valence-electron chi connectivity index (χ1n) is 13.0. The summed E-state index contributed by atoms with van der Waals surface area (Å²) in [5.74, 6) is 2.31. The number of likely N-dealkylation sites (tertiary alicyclic amines) is 1. The number of amides is 1. The largest absolute Gasteiger partial charge is 0.494 e. The minimum atomic E-state index is 0.0698. The van der Waals surface area contributed by atoms with Gasteiger partial charge in [0.05, 0.1) is 18.3 Å². The molecule has 1 amide bonds. The number of carbonyl (C=O) groups is 1. The zero-order chi connectivity index (χ0) is 24.4. The first-order valence-corrected chi connectivity index (χ1v) is 13.0. The summed E-state index contributed by atoms with van der Waals surface area (Å²) in [5.41, 5.74) is 4.64. The van der Waals surface area contributed by atoms with E-state index in [1.54, 1.807) is 7.11 Å². The van der Waals surface area contributed by atoms with Gasteiger partial charge in [-0.25, -0.2) is 9.97 Å². The highest BCUT2D eigenvalue weighted by atomic mass is 16.5. The van der Waals surface area contributed by atoms with Gasteiger partial charge in [-0.15, -0.1) is 0 Å². The molecule has 0 atom stereocenters. The Morgan fingerprint density at radius 3 is 2.86 bits per heavy atom. The second-order valence-corrected chi connectivity index (χ2v) is 11.0. The van der Waals surface area contributed by atoms with E-state index in [0.29, 0.717) is 17.2 Å². The molecule has 1 spiro atoms. The van der Waals surface area contributed by atoms with Crippen molar-refractivity contribution >= 4 is 28.0 Å². The van der Waals surface area contributed by atoms with E-state index < -0.39 is 0 Å². The van der Waals surface area contributed by atoms with Crippen LogP contribution in [-0.4, -0.2) is 63.2 Å². The molecule has 3 aromatic heterocycles. The van der Waals surface area contributed by atoms with Gasteiger partial charge in [0.2, 0.25) is 0 Å². The maximum absolute atomic E-state index is 13.6. The molecular formula is C28H32N6O2. The number of hydrogen-bond donors (Lipinski definition) is 1. The number of rotatable bonds is 5. The lowest BCUT2D eigenvalue weighted by atomic mass is 9.75. The van der Waals surface area contributed by atoms with E-state index >= 15 is 0 Å². The lowest BCUT2D eigenvalue weighted by Crippen LogP contribution is -2.61.